The summed E-state index contributed by atoms with van der Waals surface area (Å²) in [6.45, 7) is 4.02. The fourth-order valence-electron chi connectivity index (χ4n) is 5.35. The molecule has 166 valence electrons. The van der Waals surface area contributed by atoms with Crippen molar-refractivity contribution in [3.8, 4) is 11.3 Å². The molecule has 0 amide bonds. The van der Waals surface area contributed by atoms with Crippen LogP contribution in [0, 0.1) is 0 Å². The van der Waals surface area contributed by atoms with Crippen LogP contribution in [0.5, 0.6) is 0 Å². The Morgan fingerprint density at radius 2 is 1.38 bits per heavy atom. The molecule has 7 rings (SSSR count). The molecule has 5 nitrogen and oxygen atoms in total. The Balaban J connectivity index is 1.40. The highest BCUT2D eigenvalue weighted by molar-refractivity contribution is 6.06. The highest BCUT2D eigenvalue weighted by atomic mass is 15.4. The fourth-order valence-corrected chi connectivity index (χ4v) is 5.35. The van der Waals surface area contributed by atoms with Gasteiger partial charge in [0, 0.05) is 42.5 Å². The summed E-state index contributed by atoms with van der Waals surface area (Å²) in [5, 5.41) is 4.66. The van der Waals surface area contributed by atoms with Crippen LogP contribution < -0.4 is 4.90 Å². The molecule has 1 saturated heterocycles. The van der Waals surface area contributed by atoms with E-state index in [1.165, 1.54) is 10.8 Å². The molecule has 0 atom stereocenters. The smallest absolute Gasteiger partial charge is 0.202 e. The summed E-state index contributed by atoms with van der Waals surface area (Å²) in [7, 11) is 0. The number of pyridine rings is 2. The number of hydrogen-bond donors (Lipinski definition) is 0. The summed E-state index contributed by atoms with van der Waals surface area (Å²) < 4.78 is 0. The molecule has 5 aromatic rings. The topological polar surface area (TPSA) is 44.6 Å². The second-order valence-corrected chi connectivity index (χ2v) is 9.13. The molecule has 1 fully saturated rings. The van der Waals surface area contributed by atoms with Gasteiger partial charge >= 0.3 is 0 Å². The Labute approximate surface area is 198 Å². The average molecular weight is 444 g/mol. The van der Waals surface area contributed by atoms with Crippen LogP contribution in [0.4, 0.5) is 5.82 Å². The second-order valence-electron chi connectivity index (χ2n) is 9.13. The first-order valence-corrected chi connectivity index (χ1v) is 12.1. The highest BCUT2D eigenvalue weighted by Gasteiger charge is 2.27. The standard InChI is InChI=1S/C29H25N5/c1-2-8-23-20(6-1)7-3-9-24(23)25-14-12-21-10-11-22-13-15-26(32-28(22)27(21)31-25)34-19-5-18-33-17-4-16-30-29(33)34/h1-3,6-15H,4-5,16-19H2. The Morgan fingerprint density at radius 3 is 2.32 bits per heavy atom. The minimum absolute atomic E-state index is 0.898. The first-order valence-electron chi connectivity index (χ1n) is 12.1. The summed E-state index contributed by atoms with van der Waals surface area (Å²) in [6, 6.07) is 27.8. The van der Waals surface area contributed by atoms with Crippen LogP contribution in [-0.2, 0) is 0 Å². The number of anilines is 1. The number of benzene rings is 3. The van der Waals surface area contributed by atoms with Gasteiger partial charge in [-0.2, -0.15) is 0 Å². The number of aromatic nitrogens is 2. The lowest BCUT2D eigenvalue weighted by Gasteiger charge is -2.40. The third-order valence-electron chi connectivity index (χ3n) is 7.02. The molecule has 5 heteroatoms. The molecule has 0 aliphatic carbocycles. The average Bonchev–Trinajstić information content (AvgIpc) is 2.92. The zero-order valence-electron chi connectivity index (χ0n) is 19.0. The summed E-state index contributed by atoms with van der Waals surface area (Å²) in [5.74, 6) is 2.04. The van der Waals surface area contributed by atoms with Gasteiger partial charge in [-0.3, -0.25) is 9.89 Å². The van der Waals surface area contributed by atoms with Crippen molar-refractivity contribution in [3.63, 3.8) is 0 Å². The molecule has 3 aromatic carbocycles. The number of rotatable bonds is 2. The molecule has 0 N–H and O–H groups in total. The largest absolute Gasteiger partial charge is 0.342 e. The number of fused-ring (bicyclic) bond motifs is 5. The van der Waals surface area contributed by atoms with Gasteiger partial charge in [0.05, 0.1) is 16.7 Å². The molecule has 2 aliphatic heterocycles. The molecule has 0 saturated carbocycles. The van der Waals surface area contributed by atoms with Crippen molar-refractivity contribution in [2.45, 2.75) is 12.8 Å². The molecule has 2 aliphatic rings. The van der Waals surface area contributed by atoms with Crippen molar-refractivity contribution in [3.05, 3.63) is 78.9 Å². The van der Waals surface area contributed by atoms with E-state index in [0.29, 0.717) is 0 Å². The Hall–Kier alpha value is -3.99. The van der Waals surface area contributed by atoms with E-state index in [1.807, 2.05) is 0 Å². The molecule has 0 radical (unpaired) electrons. The van der Waals surface area contributed by atoms with Gasteiger partial charge in [0.2, 0.25) is 5.96 Å². The molecule has 0 unspecified atom stereocenters. The van der Waals surface area contributed by atoms with Crippen LogP contribution in [0.15, 0.2) is 83.9 Å². The zero-order chi connectivity index (χ0) is 22.5. The summed E-state index contributed by atoms with van der Waals surface area (Å²) in [6.07, 6.45) is 2.26. The Bertz CT molecular complexity index is 1580. The summed E-state index contributed by atoms with van der Waals surface area (Å²) >= 11 is 0. The van der Waals surface area contributed by atoms with E-state index in [4.69, 9.17) is 15.0 Å². The van der Waals surface area contributed by atoms with E-state index >= 15 is 0 Å². The molecular weight excluding hydrogens is 418 g/mol. The van der Waals surface area contributed by atoms with E-state index in [2.05, 4.69) is 88.7 Å². The predicted molar refractivity (Wildman–Crippen MR) is 140 cm³/mol. The lowest BCUT2D eigenvalue weighted by atomic mass is 10.0. The van der Waals surface area contributed by atoms with Crippen LogP contribution in [0.1, 0.15) is 12.8 Å². The molecule has 4 heterocycles. The van der Waals surface area contributed by atoms with Crippen molar-refractivity contribution in [2.75, 3.05) is 31.1 Å². The fraction of sp³-hybridized carbons (Fsp3) is 0.207. The lowest BCUT2D eigenvalue weighted by molar-refractivity contribution is 0.359. The second kappa shape index (κ2) is 7.80. The van der Waals surface area contributed by atoms with Crippen LogP contribution in [0.2, 0.25) is 0 Å². The van der Waals surface area contributed by atoms with E-state index in [9.17, 15) is 0 Å². The van der Waals surface area contributed by atoms with Crippen molar-refractivity contribution in [1.29, 1.82) is 0 Å². The Morgan fingerprint density at radius 1 is 0.618 bits per heavy atom. The molecule has 0 spiro atoms. The van der Waals surface area contributed by atoms with Gasteiger partial charge in [-0.15, -0.1) is 0 Å². The van der Waals surface area contributed by atoms with Gasteiger partial charge in [0.15, 0.2) is 0 Å². The summed E-state index contributed by atoms with van der Waals surface area (Å²) in [5.41, 5.74) is 4.02. The van der Waals surface area contributed by atoms with Crippen molar-refractivity contribution < 1.29 is 0 Å². The normalized spacial score (nSPS) is 16.2. The van der Waals surface area contributed by atoms with Crippen molar-refractivity contribution in [2.24, 2.45) is 4.99 Å². The first-order chi connectivity index (χ1) is 16.8. The van der Waals surface area contributed by atoms with E-state index < -0.39 is 0 Å². The van der Waals surface area contributed by atoms with Gasteiger partial charge < -0.3 is 4.90 Å². The maximum atomic E-state index is 5.17. The monoisotopic (exact) mass is 443 g/mol. The zero-order valence-corrected chi connectivity index (χ0v) is 19.0. The predicted octanol–water partition coefficient (Wildman–Crippen LogP) is 5.88. The van der Waals surface area contributed by atoms with Crippen molar-refractivity contribution >= 4 is 44.4 Å². The summed E-state index contributed by atoms with van der Waals surface area (Å²) in [4.78, 5) is 19.9. The number of nitrogens with zero attached hydrogens (tertiary/aromatic N) is 5. The quantitative estimate of drug-likeness (QED) is 0.320. The van der Waals surface area contributed by atoms with Gasteiger partial charge in [-0.1, -0.05) is 60.7 Å². The third kappa shape index (κ3) is 3.11. The number of hydrogen-bond acceptors (Lipinski definition) is 5. The van der Waals surface area contributed by atoms with Gasteiger partial charge in [-0.05, 0) is 41.8 Å². The SMILES string of the molecule is c1ccc2c(-c3ccc4ccc5ccc(N6CCCN7CCCN=C76)nc5c4n3)cccc2c1. The minimum Gasteiger partial charge on any atom is -0.342 e. The van der Waals surface area contributed by atoms with Crippen LogP contribution in [0.3, 0.4) is 0 Å². The minimum atomic E-state index is 0.898. The number of guanidine groups is 1. The van der Waals surface area contributed by atoms with Crippen LogP contribution >= 0.6 is 0 Å². The van der Waals surface area contributed by atoms with E-state index in [1.54, 1.807) is 0 Å². The Kier molecular flexibility index (Phi) is 4.47. The molecule has 0 bridgehead atoms. The van der Waals surface area contributed by atoms with Gasteiger partial charge in [0.25, 0.3) is 0 Å². The number of aliphatic imine (C=N–C) groups is 1. The molecule has 34 heavy (non-hydrogen) atoms. The maximum absolute atomic E-state index is 5.17. The van der Waals surface area contributed by atoms with Crippen LogP contribution in [0.25, 0.3) is 43.8 Å². The lowest BCUT2D eigenvalue weighted by Crippen LogP contribution is -2.52. The van der Waals surface area contributed by atoms with Crippen molar-refractivity contribution in [1.82, 2.24) is 14.9 Å². The van der Waals surface area contributed by atoms with Gasteiger partial charge in [0.1, 0.15) is 5.82 Å². The molecular formula is C29H25N5. The first kappa shape index (κ1) is 19.5. The van der Waals surface area contributed by atoms with Crippen LogP contribution in [-0.4, -0.2) is 47.0 Å². The maximum Gasteiger partial charge on any atom is 0.202 e. The van der Waals surface area contributed by atoms with Gasteiger partial charge in [-0.25, -0.2) is 9.97 Å². The molecule has 2 aromatic heterocycles. The van der Waals surface area contributed by atoms with E-state index in [-0.39, 0.29) is 0 Å². The van der Waals surface area contributed by atoms with E-state index in [0.717, 1.165) is 83.9 Å². The third-order valence-corrected chi connectivity index (χ3v) is 7.02. The highest BCUT2D eigenvalue weighted by Crippen LogP contribution is 2.32.